The Morgan fingerprint density at radius 2 is 1.83 bits per heavy atom. The van der Waals surface area contributed by atoms with Gasteiger partial charge in [-0.25, -0.2) is 9.97 Å². The largest absolute Gasteiger partial charge is 0.391 e. The molecule has 2 atom stereocenters. The minimum atomic E-state index is -0.500. The summed E-state index contributed by atoms with van der Waals surface area (Å²) in [6, 6.07) is 15.8. The molecule has 4 N–H and O–H groups in total. The van der Waals surface area contributed by atoms with Gasteiger partial charge in [-0.3, -0.25) is 0 Å². The van der Waals surface area contributed by atoms with Gasteiger partial charge in [0.2, 0.25) is 5.95 Å². The highest BCUT2D eigenvalue weighted by Gasteiger charge is 2.12. The highest BCUT2D eigenvalue weighted by Crippen LogP contribution is 2.29. The van der Waals surface area contributed by atoms with Crippen molar-refractivity contribution in [1.82, 2.24) is 19.9 Å². The zero-order chi connectivity index (χ0) is 21.1. The van der Waals surface area contributed by atoms with Crippen LogP contribution in [0.1, 0.15) is 13.8 Å². The van der Waals surface area contributed by atoms with E-state index in [0.717, 1.165) is 31.2 Å². The van der Waals surface area contributed by atoms with Crippen molar-refractivity contribution >= 4 is 56.2 Å². The summed E-state index contributed by atoms with van der Waals surface area (Å²) in [5.74, 6) is 1.09. The minimum Gasteiger partial charge on any atom is -0.391 e. The van der Waals surface area contributed by atoms with Gasteiger partial charge in [0.1, 0.15) is 5.82 Å². The molecular formula is C21H21BrN6OS. The number of nitrogens with one attached hydrogen (secondary N) is 3. The van der Waals surface area contributed by atoms with Gasteiger partial charge in [0, 0.05) is 16.8 Å². The van der Waals surface area contributed by atoms with E-state index in [4.69, 9.17) is 0 Å². The van der Waals surface area contributed by atoms with Gasteiger partial charge in [-0.15, -0.1) is 0 Å². The summed E-state index contributed by atoms with van der Waals surface area (Å²) in [4.78, 5) is 17.8. The Bertz CT molecular complexity index is 1110. The van der Waals surface area contributed by atoms with E-state index in [0.29, 0.717) is 11.8 Å². The molecule has 9 heteroatoms. The number of aromatic amines is 1. The first kappa shape index (κ1) is 20.6. The standard InChI is InChI=1S/C21H21BrN6OS/c1-12(13(2)29)24-19-16(22)11-23-20(28-19)25-14-7-9-15(10-8-14)30-21-26-17-5-3-4-6-18(17)27-21/h3-13,29H,1-2H3,(H,26,27)(H2,23,24,25,28)/t12-,13-/m1/s1. The van der Waals surface area contributed by atoms with Crippen LogP contribution in [-0.4, -0.2) is 37.2 Å². The van der Waals surface area contributed by atoms with E-state index in [2.05, 4.69) is 46.5 Å². The summed E-state index contributed by atoms with van der Waals surface area (Å²) in [5, 5.41) is 17.0. The zero-order valence-electron chi connectivity index (χ0n) is 16.4. The second-order valence-electron chi connectivity index (χ2n) is 6.87. The summed E-state index contributed by atoms with van der Waals surface area (Å²) in [7, 11) is 0. The van der Waals surface area contributed by atoms with Crippen molar-refractivity contribution in [3.63, 3.8) is 0 Å². The summed E-state index contributed by atoms with van der Waals surface area (Å²) in [6.07, 6.45) is 1.18. The molecule has 2 aromatic heterocycles. The number of imidazole rings is 1. The lowest BCUT2D eigenvalue weighted by Crippen LogP contribution is -2.28. The number of aliphatic hydroxyl groups is 1. The number of fused-ring (bicyclic) bond motifs is 1. The number of anilines is 3. The molecule has 0 spiro atoms. The van der Waals surface area contributed by atoms with E-state index in [-0.39, 0.29) is 6.04 Å². The zero-order valence-corrected chi connectivity index (χ0v) is 18.8. The molecule has 2 heterocycles. The van der Waals surface area contributed by atoms with Gasteiger partial charge in [0.25, 0.3) is 0 Å². The monoisotopic (exact) mass is 484 g/mol. The van der Waals surface area contributed by atoms with Crippen LogP contribution in [0.4, 0.5) is 17.5 Å². The van der Waals surface area contributed by atoms with Gasteiger partial charge < -0.3 is 20.7 Å². The predicted octanol–water partition coefficient (Wildman–Crippen LogP) is 5.19. The summed E-state index contributed by atoms with van der Waals surface area (Å²) >= 11 is 5.02. The van der Waals surface area contributed by atoms with E-state index in [1.165, 1.54) is 0 Å². The Balaban J connectivity index is 1.44. The normalized spacial score (nSPS) is 13.2. The molecule has 0 saturated carbocycles. The van der Waals surface area contributed by atoms with Crippen LogP contribution in [0.2, 0.25) is 0 Å². The molecule has 2 aromatic carbocycles. The topological polar surface area (TPSA) is 98.7 Å². The van der Waals surface area contributed by atoms with Crippen molar-refractivity contribution in [3.05, 3.63) is 59.2 Å². The fourth-order valence-corrected chi connectivity index (χ4v) is 3.80. The molecule has 0 unspecified atom stereocenters. The maximum absolute atomic E-state index is 9.70. The maximum atomic E-state index is 9.70. The molecule has 0 aliphatic heterocycles. The smallest absolute Gasteiger partial charge is 0.229 e. The first-order valence-corrected chi connectivity index (χ1v) is 11.1. The lowest BCUT2D eigenvalue weighted by molar-refractivity contribution is 0.177. The van der Waals surface area contributed by atoms with E-state index in [9.17, 15) is 5.11 Å². The van der Waals surface area contributed by atoms with Crippen molar-refractivity contribution in [1.29, 1.82) is 0 Å². The number of aliphatic hydroxyl groups excluding tert-OH is 1. The summed E-state index contributed by atoms with van der Waals surface area (Å²) < 4.78 is 0.734. The number of H-pyrrole nitrogens is 1. The van der Waals surface area contributed by atoms with Crippen LogP contribution in [-0.2, 0) is 0 Å². The second-order valence-corrected chi connectivity index (χ2v) is 8.79. The molecule has 0 amide bonds. The van der Waals surface area contributed by atoms with Gasteiger partial charge in [-0.1, -0.05) is 23.9 Å². The van der Waals surface area contributed by atoms with Gasteiger partial charge in [0.15, 0.2) is 5.16 Å². The Morgan fingerprint density at radius 3 is 2.57 bits per heavy atom. The van der Waals surface area contributed by atoms with Crippen molar-refractivity contribution in [2.24, 2.45) is 0 Å². The Morgan fingerprint density at radius 1 is 1.07 bits per heavy atom. The number of para-hydroxylation sites is 2. The van der Waals surface area contributed by atoms with E-state index >= 15 is 0 Å². The number of halogens is 1. The molecule has 0 aliphatic rings. The van der Waals surface area contributed by atoms with Crippen molar-refractivity contribution in [2.45, 2.75) is 36.0 Å². The van der Waals surface area contributed by atoms with E-state index < -0.39 is 6.10 Å². The molecular weight excluding hydrogens is 464 g/mol. The third-order valence-electron chi connectivity index (χ3n) is 4.52. The molecule has 0 saturated heterocycles. The third kappa shape index (κ3) is 4.92. The first-order valence-electron chi connectivity index (χ1n) is 9.45. The van der Waals surface area contributed by atoms with Crippen molar-refractivity contribution in [2.75, 3.05) is 10.6 Å². The Hall–Kier alpha value is -2.62. The number of hydrogen-bond acceptors (Lipinski definition) is 7. The van der Waals surface area contributed by atoms with Crippen LogP contribution in [0.15, 0.2) is 69.3 Å². The van der Waals surface area contributed by atoms with Crippen LogP contribution < -0.4 is 10.6 Å². The molecule has 4 rings (SSSR count). The fourth-order valence-electron chi connectivity index (χ4n) is 2.69. The maximum Gasteiger partial charge on any atom is 0.229 e. The lowest BCUT2D eigenvalue weighted by Gasteiger charge is -2.18. The molecule has 30 heavy (non-hydrogen) atoms. The van der Waals surface area contributed by atoms with Crippen LogP contribution in [0.25, 0.3) is 11.0 Å². The van der Waals surface area contributed by atoms with E-state index in [1.54, 1.807) is 24.9 Å². The average molecular weight is 485 g/mol. The van der Waals surface area contributed by atoms with E-state index in [1.807, 2.05) is 55.5 Å². The Kier molecular flexibility index (Phi) is 6.21. The second kappa shape index (κ2) is 9.03. The summed E-state index contributed by atoms with van der Waals surface area (Å²) in [6.45, 7) is 3.63. The summed E-state index contributed by atoms with van der Waals surface area (Å²) in [5.41, 5.74) is 2.86. The number of nitrogens with zero attached hydrogens (tertiary/aromatic N) is 3. The van der Waals surface area contributed by atoms with Crippen molar-refractivity contribution in [3.8, 4) is 0 Å². The highest BCUT2D eigenvalue weighted by molar-refractivity contribution is 9.10. The van der Waals surface area contributed by atoms with Crippen LogP contribution in [0.5, 0.6) is 0 Å². The number of rotatable bonds is 7. The number of aromatic nitrogens is 4. The Labute approximate surface area is 186 Å². The number of benzene rings is 2. The van der Waals surface area contributed by atoms with Gasteiger partial charge in [-0.05, 0) is 66.2 Å². The minimum absolute atomic E-state index is 0.140. The molecule has 0 bridgehead atoms. The lowest BCUT2D eigenvalue weighted by atomic mass is 10.2. The third-order valence-corrected chi connectivity index (χ3v) is 6.00. The molecule has 7 nitrogen and oxygen atoms in total. The predicted molar refractivity (Wildman–Crippen MR) is 124 cm³/mol. The first-order chi connectivity index (χ1) is 14.5. The molecule has 4 aromatic rings. The highest BCUT2D eigenvalue weighted by atomic mass is 79.9. The van der Waals surface area contributed by atoms with Gasteiger partial charge >= 0.3 is 0 Å². The van der Waals surface area contributed by atoms with Crippen LogP contribution in [0.3, 0.4) is 0 Å². The van der Waals surface area contributed by atoms with Crippen LogP contribution in [0, 0.1) is 0 Å². The quantitative estimate of drug-likeness (QED) is 0.286. The molecule has 0 aliphatic carbocycles. The van der Waals surface area contributed by atoms with Gasteiger partial charge in [-0.2, -0.15) is 4.98 Å². The average Bonchev–Trinajstić information content (AvgIpc) is 3.14. The molecule has 0 radical (unpaired) electrons. The fraction of sp³-hybridized carbons (Fsp3) is 0.190. The SMILES string of the molecule is C[C@@H](O)[C@@H](C)Nc1nc(Nc2ccc(Sc3nc4ccccc4[nH]3)cc2)ncc1Br. The number of hydrogen-bond donors (Lipinski definition) is 4. The van der Waals surface area contributed by atoms with Gasteiger partial charge in [0.05, 0.1) is 27.7 Å². The molecule has 0 fully saturated rings. The van der Waals surface area contributed by atoms with Crippen molar-refractivity contribution < 1.29 is 5.11 Å². The molecule has 154 valence electrons. The van der Waals surface area contributed by atoms with Crippen LogP contribution >= 0.6 is 27.7 Å².